The second kappa shape index (κ2) is 6.96. The van der Waals surface area contributed by atoms with Crippen LogP contribution in [0.1, 0.15) is 36.0 Å². The number of carbonyl (C=O) groups excluding carboxylic acids is 1. The van der Waals surface area contributed by atoms with Crippen LogP contribution in [-0.4, -0.2) is 47.2 Å². The first kappa shape index (κ1) is 18.2. The molecule has 134 valence electrons. The maximum Gasteiger partial charge on any atom is 0.340 e. The highest BCUT2D eigenvalue weighted by Crippen LogP contribution is 2.42. The number of aromatic amines is 1. The van der Waals surface area contributed by atoms with Crippen LogP contribution in [0.4, 0.5) is 0 Å². The normalized spacial score (nSPS) is 30.7. The number of para-hydroxylation sites is 1. The highest BCUT2D eigenvalue weighted by Gasteiger charge is 2.51. The zero-order chi connectivity index (χ0) is 16.7. The molecule has 1 aromatic heterocycles. The van der Waals surface area contributed by atoms with Crippen LogP contribution in [0.3, 0.4) is 0 Å². The molecule has 2 atom stereocenters. The van der Waals surface area contributed by atoms with Crippen LogP contribution in [0.2, 0.25) is 0 Å². The van der Waals surface area contributed by atoms with Gasteiger partial charge in [-0.25, -0.2) is 4.79 Å². The lowest BCUT2D eigenvalue weighted by molar-refractivity contribution is -0.944. The minimum atomic E-state index is -0.198. The molecule has 3 heterocycles. The Bertz CT molecular complexity index is 771. The van der Waals surface area contributed by atoms with E-state index >= 15 is 0 Å². The molecule has 2 aliphatic heterocycles. The lowest BCUT2D eigenvalue weighted by Crippen LogP contribution is -3.00. The number of ether oxygens (including phenoxy) is 1. The predicted octanol–water partition coefficient (Wildman–Crippen LogP) is 0.655. The summed E-state index contributed by atoms with van der Waals surface area (Å²) in [5.41, 5.74) is 1.62. The van der Waals surface area contributed by atoms with Crippen molar-refractivity contribution >= 4 is 16.9 Å². The first-order valence-electron chi connectivity index (χ1n) is 8.84. The van der Waals surface area contributed by atoms with E-state index in [4.69, 9.17) is 4.74 Å². The van der Waals surface area contributed by atoms with E-state index in [1.807, 2.05) is 30.3 Å². The third-order valence-corrected chi connectivity index (χ3v) is 6.18. The minimum Gasteiger partial charge on any atom is -1.00 e. The van der Waals surface area contributed by atoms with E-state index in [1.165, 1.54) is 12.8 Å². The number of hydrogen-bond donors (Lipinski definition) is 1. The number of quaternary nitrogens is 1. The second-order valence-electron chi connectivity index (χ2n) is 7.45. The number of piperidine rings is 1. The van der Waals surface area contributed by atoms with E-state index in [0.29, 0.717) is 17.6 Å². The van der Waals surface area contributed by atoms with Gasteiger partial charge in [-0.3, -0.25) is 0 Å². The molecule has 0 amide bonds. The Morgan fingerprint density at radius 3 is 2.68 bits per heavy atom. The topological polar surface area (TPSA) is 42.1 Å². The van der Waals surface area contributed by atoms with Gasteiger partial charge in [0.15, 0.2) is 0 Å². The first-order valence-corrected chi connectivity index (χ1v) is 8.84. The zero-order valence-electron chi connectivity index (χ0n) is 14.6. The standard InChI is InChI=1S/C20H24N2O2.BrH/c1-3-10-22(2)14-8-9-15(22)12-16(11-14)24-20(23)18-13-21-19-7-5-4-6-17(18)19;/h3-7,13-16H,1,8-12H2,2H3;1H. The number of esters is 1. The summed E-state index contributed by atoms with van der Waals surface area (Å²) in [5, 5.41) is 0.938. The highest BCUT2D eigenvalue weighted by molar-refractivity contribution is 6.04. The monoisotopic (exact) mass is 404 g/mol. The number of rotatable bonds is 4. The van der Waals surface area contributed by atoms with E-state index in [1.54, 1.807) is 6.20 Å². The van der Waals surface area contributed by atoms with Gasteiger partial charge in [-0.2, -0.15) is 0 Å². The molecule has 1 aromatic carbocycles. The molecule has 2 unspecified atom stereocenters. The Labute approximate surface area is 159 Å². The lowest BCUT2D eigenvalue weighted by Gasteiger charge is -2.46. The second-order valence-corrected chi connectivity index (χ2v) is 7.45. The van der Waals surface area contributed by atoms with Gasteiger partial charge in [0.1, 0.15) is 6.10 Å². The number of likely N-dealkylation sites (N-methyl/N-ethyl adjacent to an activating group) is 1. The molecule has 2 fully saturated rings. The summed E-state index contributed by atoms with van der Waals surface area (Å²) >= 11 is 0. The number of carbonyl (C=O) groups is 1. The van der Waals surface area contributed by atoms with Gasteiger partial charge in [0.25, 0.3) is 0 Å². The molecular weight excluding hydrogens is 380 g/mol. The quantitative estimate of drug-likeness (QED) is 0.461. The molecule has 5 heteroatoms. The van der Waals surface area contributed by atoms with Crippen molar-refractivity contribution in [1.82, 2.24) is 4.98 Å². The third-order valence-electron chi connectivity index (χ3n) is 6.18. The molecule has 4 nitrogen and oxygen atoms in total. The molecule has 4 rings (SSSR count). The SMILES string of the molecule is C=CC[N+]1(C)C2CCC1CC(OC(=O)c1c[nH]c3ccccc13)C2.[Br-]. The molecule has 1 N–H and O–H groups in total. The number of hydrogen-bond acceptors (Lipinski definition) is 2. The summed E-state index contributed by atoms with van der Waals surface area (Å²) < 4.78 is 6.98. The Morgan fingerprint density at radius 1 is 1.32 bits per heavy atom. The van der Waals surface area contributed by atoms with Crippen molar-refractivity contribution in [1.29, 1.82) is 0 Å². The predicted molar refractivity (Wildman–Crippen MR) is 94.8 cm³/mol. The number of halogens is 1. The zero-order valence-corrected chi connectivity index (χ0v) is 16.2. The van der Waals surface area contributed by atoms with E-state index < -0.39 is 0 Å². The van der Waals surface area contributed by atoms with E-state index in [0.717, 1.165) is 34.8 Å². The molecule has 0 spiro atoms. The van der Waals surface area contributed by atoms with Gasteiger partial charge in [-0.1, -0.05) is 24.8 Å². The summed E-state index contributed by atoms with van der Waals surface area (Å²) in [4.78, 5) is 15.8. The van der Waals surface area contributed by atoms with Gasteiger partial charge >= 0.3 is 5.97 Å². The third kappa shape index (κ3) is 3.04. The van der Waals surface area contributed by atoms with Gasteiger partial charge in [0.05, 0.1) is 31.2 Å². The van der Waals surface area contributed by atoms with Crippen molar-refractivity contribution in [3.05, 3.63) is 48.7 Å². The smallest absolute Gasteiger partial charge is 0.340 e. The van der Waals surface area contributed by atoms with E-state index in [9.17, 15) is 4.79 Å². The summed E-state index contributed by atoms with van der Waals surface area (Å²) in [6.07, 6.45) is 8.24. The van der Waals surface area contributed by atoms with Crippen LogP contribution in [0.15, 0.2) is 43.1 Å². The maximum atomic E-state index is 12.6. The van der Waals surface area contributed by atoms with Crippen LogP contribution < -0.4 is 17.0 Å². The Kier molecular flexibility index (Phi) is 5.07. The molecule has 0 radical (unpaired) electrons. The Balaban J connectivity index is 0.00000182. The number of benzene rings is 1. The largest absolute Gasteiger partial charge is 1.00 e. The number of fused-ring (bicyclic) bond motifs is 3. The Morgan fingerprint density at radius 2 is 2.00 bits per heavy atom. The summed E-state index contributed by atoms with van der Waals surface area (Å²) in [6.45, 7) is 4.93. The fourth-order valence-electron chi connectivity index (χ4n) is 4.82. The molecule has 2 saturated heterocycles. The average molecular weight is 405 g/mol. The number of nitrogens with one attached hydrogen (secondary N) is 1. The summed E-state index contributed by atoms with van der Waals surface area (Å²) in [5.74, 6) is -0.198. The Hall–Kier alpha value is -1.59. The molecule has 25 heavy (non-hydrogen) atoms. The molecular formula is C20H25BrN2O2. The van der Waals surface area contributed by atoms with Crippen molar-refractivity contribution in [2.45, 2.75) is 43.9 Å². The van der Waals surface area contributed by atoms with Crippen molar-refractivity contribution < 1.29 is 31.0 Å². The maximum absolute atomic E-state index is 12.6. The van der Waals surface area contributed by atoms with Gasteiger partial charge in [-0.05, 0) is 12.1 Å². The minimum absolute atomic E-state index is 0. The molecule has 0 saturated carbocycles. The van der Waals surface area contributed by atoms with Crippen molar-refractivity contribution in [3.63, 3.8) is 0 Å². The summed E-state index contributed by atoms with van der Waals surface area (Å²) in [6, 6.07) is 9.03. The number of nitrogens with zero attached hydrogens (tertiary/aromatic N) is 1. The van der Waals surface area contributed by atoms with Gasteiger partial charge in [-0.15, -0.1) is 0 Å². The fraction of sp³-hybridized carbons (Fsp3) is 0.450. The number of H-pyrrole nitrogens is 1. The van der Waals surface area contributed by atoms with Crippen molar-refractivity contribution in [2.75, 3.05) is 13.6 Å². The number of aromatic nitrogens is 1. The van der Waals surface area contributed by atoms with E-state index in [2.05, 4.69) is 18.6 Å². The van der Waals surface area contributed by atoms with Crippen molar-refractivity contribution in [2.24, 2.45) is 0 Å². The molecule has 2 aliphatic rings. The van der Waals surface area contributed by atoms with Gasteiger partial charge < -0.3 is 31.2 Å². The molecule has 2 aromatic rings. The van der Waals surface area contributed by atoms with Gasteiger partial charge in [0.2, 0.25) is 0 Å². The molecule has 2 bridgehead atoms. The van der Waals surface area contributed by atoms with Crippen LogP contribution in [0.25, 0.3) is 10.9 Å². The molecule has 0 aliphatic carbocycles. The first-order chi connectivity index (χ1) is 11.6. The highest BCUT2D eigenvalue weighted by atomic mass is 79.9. The van der Waals surface area contributed by atoms with Crippen LogP contribution >= 0.6 is 0 Å². The van der Waals surface area contributed by atoms with Crippen LogP contribution in [-0.2, 0) is 4.74 Å². The van der Waals surface area contributed by atoms with Crippen molar-refractivity contribution in [3.8, 4) is 0 Å². The van der Waals surface area contributed by atoms with Crippen LogP contribution in [0.5, 0.6) is 0 Å². The van der Waals surface area contributed by atoms with Crippen LogP contribution in [0, 0.1) is 0 Å². The van der Waals surface area contributed by atoms with E-state index in [-0.39, 0.29) is 29.1 Å². The fourth-order valence-corrected chi connectivity index (χ4v) is 4.82. The van der Waals surface area contributed by atoms with Gasteiger partial charge in [0, 0.05) is 42.8 Å². The average Bonchev–Trinajstić information content (AvgIpc) is 3.03. The lowest BCUT2D eigenvalue weighted by atomic mass is 9.96. The summed E-state index contributed by atoms with van der Waals surface area (Å²) in [7, 11) is 2.34.